The Balaban J connectivity index is 1.42. The molecule has 246 valence electrons. The van der Waals surface area contributed by atoms with Crippen molar-refractivity contribution in [3.8, 4) is 22.4 Å². The first-order chi connectivity index (χ1) is 24.3. The van der Waals surface area contributed by atoms with E-state index in [-0.39, 0.29) is 0 Å². The maximum Gasteiger partial charge on any atom is 0.235 e. The Morgan fingerprint density at radius 1 is 0.440 bits per heavy atom. The Hall–Kier alpha value is -6.00. The average Bonchev–Trinajstić information content (AvgIpc) is 3.12. The number of benzene rings is 6. The first-order valence-corrected chi connectivity index (χ1v) is 17.2. The van der Waals surface area contributed by atoms with Crippen LogP contribution in [0.25, 0.3) is 22.4 Å². The van der Waals surface area contributed by atoms with E-state index in [0.29, 0.717) is 5.95 Å². The minimum absolute atomic E-state index is 0.606. The Morgan fingerprint density at radius 3 is 1.44 bits per heavy atom. The molecule has 0 fully saturated rings. The van der Waals surface area contributed by atoms with Gasteiger partial charge in [0.05, 0.1) is 22.8 Å². The molecule has 0 aliphatic heterocycles. The molecule has 0 saturated carbocycles. The molecule has 0 spiro atoms. The van der Waals surface area contributed by atoms with E-state index in [9.17, 15) is 0 Å². The fraction of sp³-hybridized carbons (Fsp3) is 0.130. The number of hydrogen-bond donors (Lipinski definition) is 0. The van der Waals surface area contributed by atoms with E-state index in [1.165, 1.54) is 44.8 Å². The molecule has 0 unspecified atom stereocenters. The van der Waals surface area contributed by atoms with E-state index in [1.54, 1.807) is 0 Å². The van der Waals surface area contributed by atoms with Crippen LogP contribution in [0.1, 0.15) is 33.4 Å². The SMILES string of the molecule is Cc1cc(C)c(N(c2ccc(N(c3nccc(-c4ccccc4)n3)c3ccccc3-c3ccccc3)cc2)c2c(C)cc(C)cc2C)c(C)c1. The summed E-state index contributed by atoms with van der Waals surface area (Å²) < 4.78 is 0. The molecule has 0 radical (unpaired) electrons. The van der Waals surface area contributed by atoms with E-state index >= 15 is 0 Å². The molecule has 0 aliphatic rings. The van der Waals surface area contributed by atoms with Gasteiger partial charge in [-0.1, -0.05) is 114 Å². The number of aryl methyl sites for hydroxylation is 6. The maximum absolute atomic E-state index is 5.15. The number of para-hydroxylation sites is 1. The zero-order chi connectivity index (χ0) is 34.8. The minimum Gasteiger partial charge on any atom is -0.309 e. The van der Waals surface area contributed by atoms with E-state index < -0.39 is 0 Å². The van der Waals surface area contributed by atoms with Gasteiger partial charge in [0.15, 0.2) is 0 Å². The summed E-state index contributed by atoms with van der Waals surface area (Å²) in [4.78, 5) is 14.6. The third-order valence-electron chi connectivity index (χ3n) is 9.23. The van der Waals surface area contributed by atoms with Crippen molar-refractivity contribution in [1.29, 1.82) is 0 Å². The van der Waals surface area contributed by atoms with Crippen LogP contribution in [0.15, 0.2) is 146 Å². The largest absolute Gasteiger partial charge is 0.309 e. The average molecular weight is 651 g/mol. The summed E-state index contributed by atoms with van der Waals surface area (Å²) in [5.74, 6) is 0.606. The molecular weight excluding hydrogens is 609 g/mol. The molecule has 7 rings (SSSR count). The molecule has 50 heavy (non-hydrogen) atoms. The summed E-state index contributed by atoms with van der Waals surface area (Å²) >= 11 is 0. The summed E-state index contributed by atoms with van der Waals surface area (Å²) in [5, 5.41) is 0. The fourth-order valence-corrected chi connectivity index (χ4v) is 7.29. The van der Waals surface area contributed by atoms with E-state index in [2.05, 4.69) is 167 Å². The normalized spacial score (nSPS) is 11.0. The van der Waals surface area contributed by atoms with E-state index in [4.69, 9.17) is 9.97 Å². The molecule has 4 nitrogen and oxygen atoms in total. The predicted molar refractivity (Wildman–Crippen MR) is 211 cm³/mol. The Kier molecular flexibility index (Phi) is 9.02. The second-order valence-electron chi connectivity index (χ2n) is 13.2. The zero-order valence-corrected chi connectivity index (χ0v) is 29.6. The summed E-state index contributed by atoms with van der Waals surface area (Å²) in [5.41, 5.74) is 17.2. The molecule has 0 saturated heterocycles. The fourth-order valence-electron chi connectivity index (χ4n) is 7.29. The van der Waals surface area contributed by atoms with Crippen LogP contribution in [-0.4, -0.2) is 9.97 Å². The molecular formula is C46H42N4. The third kappa shape index (κ3) is 6.40. The van der Waals surface area contributed by atoms with Crippen LogP contribution in [0.3, 0.4) is 0 Å². The van der Waals surface area contributed by atoms with Crippen molar-refractivity contribution in [2.24, 2.45) is 0 Å². The molecule has 0 N–H and O–H groups in total. The lowest BCUT2D eigenvalue weighted by Gasteiger charge is -2.32. The third-order valence-corrected chi connectivity index (χ3v) is 9.23. The van der Waals surface area contributed by atoms with Crippen LogP contribution < -0.4 is 9.80 Å². The smallest absolute Gasteiger partial charge is 0.235 e. The van der Waals surface area contributed by atoms with Gasteiger partial charge in [0.2, 0.25) is 5.95 Å². The van der Waals surface area contributed by atoms with Crippen LogP contribution in [-0.2, 0) is 0 Å². The molecule has 0 amide bonds. The molecule has 0 aliphatic carbocycles. The van der Waals surface area contributed by atoms with Crippen molar-refractivity contribution in [3.63, 3.8) is 0 Å². The molecule has 0 atom stereocenters. The highest BCUT2D eigenvalue weighted by Gasteiger charge is 2.23. The van der Waals surface area contributed by atoms with E-state index in [0.717, 1.165) is 39.4 Å². The van der Waals surface area contributed by atoms with Gasteiger partial charge in [-0.25, -0.2) is 9.97 Å². The highest BCUT2D eigenvalue weighted by atomic mass is 15.3. The Labute approximate surface area is 296 Å². The Bertz CT molecular complexity index is 2170. The summed E-state index contributed by atoms with van der Waals surface area (Å²) in [6, 6.07) is 49.2. The molecule has 1 heterocycles. The van der Waals surface area contributed by atoms with Gasteiger partial charge in [-0.3, -0.25) is 4.90 Å². The van der Waals surface area contributed by atoms with Gasteiger partial charge in [-0.15, -0.1) is 0 Å². The Morgan fingerprint density at radius 2 is 0.900 bits per heavy atom. The van der Waals surface area contributed by atoms with Crippen LogP contribution in [0.2, 0.25) is 0 Å². The van der Waals surface area contributed by atoms with Gasteiger partial charge in [-0.2, -0.15) is 0 Å². The lowest BCUT2D eigenvalue weighted by molar-refractivity contribution is 1.08. The van der Waals surface area contributed by atoms with Gasteiger partial charge >= 0.3 is 0 Å². The first-order valence-electron chi connectivity index (χ1n) is 17.2. The second-order valence-corrected chi connectivity index (χ2v) is 13.2. The number of nitrogens with zero attached hydrogens (tertiary/aromatic N) is 4. The summed E-state index contributed by atoms with van der Waals surface area (Å²) in [6.07, 6.45) is 1.85. The lowest BCUT2D eigenvalue weighted by Crippen LogP contribution is -2.17. The highest BCUT2D eigenvalue weighted by molar-refractivity contribution is 5.88. The van der Waals surface area contributed by atoms with Gasteiger partial charge in [0.25, 0.3) is 0 Å². The minimum atomic E-state index is 0.606. The number of anilines is 6. The maximum atomic E-state index is 5.15. The van der Waals surface area contributed by atoms with Gasteiger partial charge in [-0.05, 0) is 106 Å². The van der Waals surface area contributed by atoms with Gasteiger partial charge < -0.3 is 4.90 Å². The molecule has 6 aromatic carbocycles. The van der Waals surface area contributed by atoms with Crippen LogP contribution in [0.4, 0.5) is 34.4 Å². The number of aromatic nitrogens is 2. The van der Waals surface area contributed by atoms with Gasteiger partial charge in [0, 0.05) is 28.7 Å². The van der Waals surface area contributed by atoms with Crippen molar-refractivity contribution in [2.45, 2.75) is 41.5 Å². The van der Waals surface area contributed by atoms with Gasteiger partial charge in [0.1, 0.15) is 0 Å². The zero-order valence-electron chi connectivity index (χ0n) is 29.6. The summed E-state index contributed by atoms with van der Waals surface area (Å²) in [7, 11) is 0. The topological polar surface area (TPSA) is 32.3 Å². The van der Waals surface area contributed by atoms with Crippen molar-refractivity contribution < 1.29 is 0 Å². The molecule has 1 aromatic heterocycles. The van der Waals surface area contributed by atoms with Crippen LogP contribution in [0.5, 0.6) is 0 Å². The van der Waals surface area contributed by atoms with Crippen LogP contribution >= 0.6 is 0 Å². The standard InChI is InChI=1S/C46H42N4/c1-31-27-33(3)44(34(4)28-31)50(45-35(5)29-32(2)30-36(45)6)40-23-21-39(22-24-40)49(43-20-14-13-19-41(43)37-15-9-7-10-16-37)46-47-26-25-42(48-46)38-17-11-8-12-18-38/h7-30H,1-6H3. The van der Waals surface area contributed by atoms with Crippen molar-refractivity contribution in [1.82, 2.24) is 9.97 Å². The van der Waals surface area contributed by atoms with Crippen molar-refractivity contribution >= 4 is 34.4 Å². The number of hydrogen-bond acceptors (Lipinski definition) is 4. The summed E-state index contributed by atoms with van der Waals surface area (Å²) in [6.45, 7) is 13.2. The lowest BCUT2D eigenvalue weighted by atomic mass is 9.98. The van der Waals surface area contributed by atoms with Crippen molar-refractivity contribution in [3.05, 3.63) is 179 Å². The molecule has 4 heteroatoms. The molecule has 7 aromatic rings. The molecule has 0 bridgehead atoms. The quantitative estimate of drug-likeness (QED) is 0.164. The second kappa shape index (κ2) is 13.9. The highest BCUT2D eigenvalue weighted by Crippen LogP contribution is 2.45. The van der Waals surface area contributed by atoms with E-state index in [1.807, 2.05) is 30.5 Å². The predicted octanol–water partition coefficient (Wildman–Crippen LogP) is 12.6. The van der Waals surface area contributed by atoms with Crippen molar-refractivity contribution in [2.75, 3.05) is 9.80 Å². The first kappa shape index (κ1) is 32.5. The monoisotopic (exact) mass is 650 g/mol. The van der Waals surface area contributed by atoms with Crippen LogP contribution in [0, 0.1) is 41.5 Å². The number of rotatable bonds is 8.